The van der Waals surface area contributed by atoms with Gasteiger partial charge in [0, 0.05) is 20.2 Å². The highest BCUT2D eigenvalue weighted by Crippen LogP contribution is 2.03. The summed E-state index contributed by atoms with van der Waals surface area (Å²) in [5, 5.41) is 18.8. The smallest absolute Gasteiger partial charge is 0.129 e. The molecule has 18 heavy (non-hydrogen) atoms. The number of ether oxygens (including phenoxy) is 1. The molecule has 0 spiro atoms. The molecule has 8 heteroatoms. The van der Waals surface area contributed by atoms with Crippen molar-refractivity contribution in [3.8, 4) is 0 Å². The van der Waals surface area contributed by atoms with Crippen LogP contribution in [-0.2, 0) is 17.8 Å². The summed E-state index contributed by atoms with van der Waals surface area (Å²) < 4.78 is 11.3. The minimum Gasteiger partial charge on any atom is -0.383 e. The van der Waals surface area contributed by atoms with E-state index in [-0.39, 0.29) is 0 Å². The summed E-state index contributed by atoms with van der Waals surface area (Å²) in [4.78, 5) is 0. The monoisotopic (exact) mass is 252 g/mol. The van der Waals surface area contributed by atoms with Crippen molar-refractivity contribution in [2.24, 2.45) is 0 Å². The summed E-state index contributed by atoms with van der Waals surface area (Å²) >= 11 is 0. The Labute approximate surface area is 104 Å². The topological polar surface area (TPSA) is 90.9 Å². The van der Waals surface area contributed by atoms with Crippen molar-refractivity contribution in [3.05, 3.63) is 23.3 Å². The molecule has 2 aromatic heterocycles. The second kappa shape index (κ2) is 6.22. The van der Waals surface area contributed by atoms with Gasteiger partial charge in [-0.3, -0.25) is 0 Å². The zero-order chi connectivity index (χ0) is 12.8. The Morgan fingerprint density at radius 1 is 1.44 bits per heavy atom. The molecule has 0 saturated carbocycles. The molecule has 0 amide bonds. The normalized spacial score (nSPS) is 11.0. The van der Waals surface area contributed by atoms with E-state index in [1.165, 1.54) is 0 Å². The zero-order valence-corrected chi connectivity index (χ0v) is 10.5. The summed E-state index contributed by atoms with van der Waals surface area (Å²) in [6.07, 6.45) is 1.87. The first-order valence-corrected chi connectivity index (χ1v) is 5.66. The fourth-order valence-electron chi connectivity index (χ4n) is 1.43. The molecule has 0 aromatic carbocycles. The Hall–Kier alpha value is -1.80. The van der Waals surface area contributed by atoms with Gasteiger partial charge in [0.05, 0.1) is 25.0 Å². The van der Waals surface area contributed by atoms with Crippen molar-refractivity contribution >= 4 is 0 Å². The molecule has 0 saturated heterocycles. The molecule has 8 nitrogen and oxygen atoms in total. The quantitative estimate of drug-likeness (QED) is 0.679. The third-order valence-electron chi connectivity index (χ3n) is 2.43. The van der Waals surface area contributed by atoms with E-state index in [9.17, 15) is 0 Å². The van der Waals surface area contributed by atoms with E-state index in [4.69, 9.17) is 4.74 Å². The van der Waals surface area contributed by atoms with Crippen LogP contribution in [0.5, 0.6) is 0 Å². The van der Waals surface area contributed by atoms with Gasteiger partial charge in [0.1, 0.15) is 11.4 Å². The first-order chi connectivity index (χ1) is 8.79. The molecule has 2 aromatic rings. The van der Waals surface area contributed by atoms with Crippen LogP contribution in [0.4, 0.5) is 0 Å². The summed E-state index contributed by atoms with van der Waals surface area (Å²) in [6, 6.07) is 0. The lowest BCUT2D eigenvalue weighted by Crippen LogP contribution is -2.18. The zero-order valence-electron chi connectivity index (χ0n) is 10.5. The van der Waals surface area contributed by atoms with Crippen LogP contribution in [0.15, 0.2) is 10.8 Å². The lowest BCUT2D eigenvalue weighted by molar-refractivity contribution is 0.199. The largest absolute Gasteiger partial charge is 0.383 e. The Kier molecular flexibility index (Phi) is 4.37. The predicted molar refractivity (Wildman–Crippen MR) is 61.7 cm³/mol. The maximum Gasteiger partial charge on any atom is 0.129 e. The Morgan fingerprint density at radius 3 is 3.06 bits per heavy atom. The lowest BCUT2D eigenvalue weighted by Gasteiger charge is -1.99. The fourth-order valence-corrected chi connectivity index (χ4v) is 1.43. The number of hydrogen-bond donors (Lipinski definition) is 1. The molecule has 0 fully saturated rings. The SMILES string of the molecule is COCCNCc1cn(Cc2nonc2C)nn1. The average Bonchev–Trinajstić information content (AvgIpc) is 2.96. The third kappa shape index (κ3) is 3.34. The fraction of sp³-hybridized carbons (Fsp3) is 0.600. The van der Waals surface area contributed by atoms with Gasteiger partial charge in [-0.1, -0.05) is 15.5 Å². The van der Waals surface area contributed by atoms with E-state index in [1.54, 1.807) is 11.8 Å². The molecule has 2 rings (SSSR count). The van der Waals surface area contributed by atoms with Crippen molar-refractivity contribution in [2.45, 2.75) is 20.0 Å². The van der Waals surface area contributed by atoms with Crippen LogP contribution in [0.2, 0.25) is 0 Å². The molecule has 0 bridgehead atoms. The molecular weight excluding hydrogens is 236 g/mol. The summed E-state index contributed by atoms with van der Waals surface area (Å²) in [5.41, 5.74) is 2.41. The number of rotatable bonds is 7. The van der Waals surface area contributed by atoms with Crippen LogP contribution in [0, 0.1) is 6.92 Å². The van der Waals surface area contributed by atoms with Crippen LogP contribution in [-0.4, -0.2) is 45.6 Å². The highest BCUT2D eigenvalue weighted by atomic mass is 16.6. The molecule has 1 N–H and O–H groups in total. The van der Waals surface area contributed by atoms with E-state index < -0.39 is 0 Å². The van der Waals surface area contributed by atoms with Crippen LogP contribution in [0.3, 0.4) is 0 Å². The van der Waals surface area contributed by atoms with Crippen LogP contribution in [0.25, 0.3) is 0 Å². The van der Waals surface area contributed by atoms with Crippen molar-refractivity contribution in [3.63, 3.8) is 0 Å². The maximum absolute atomic E-state index is 4.94. The second-order valence-electron chi connectivity index (χ2n) is 3.87. The number of aromatic nitrogens is 5. The standard InChI is InChI=1S/C10H16N6O2/c1-8-10(14-18-13-8)7-16-6-9(12-15-16)5-11-3-4-17-2/h6,11H,3-5,7H2,1-2H3. The Morgan fingerprint density at radius 2 is 2.33 bits per heavy atom. The van der Waals surface area contributed by atoms with Gasteiger partial charge in [-0.05, 0) is 6.92 Å². The van der Waals surface area contributed by atoms with Gasteiger partial charge < -0.3 is 10.1 Å². The van der Waals surface area contributed by atoms with Gasteiger partial charge in [0.2, 0.25) is 0 Å². The molecule has 98 valence electrons. The molecule has 0 aliphatic rings. The number of nitrogens with one attached hydrogen (secondary N) is 1. The minimum atomic E-state index is 0.514. The van der Waals surface area contributed by atoms with Gasteiger partial charge in [0.15, 0.2) is 0 Å². The highest BCUT2D eigenvalue weighted by Gasteiger charge is 2.07. The van der Waals surface area contributed by atoms with Crippen LogP contribution >= 0.6 is 0 Å². The van der Waals surface area contributed by atoms with E-state index in [1.807, 2.05) is 13.1 Å². The first kappa shape index (κ1) is 12.7. The van der Waals surface area contributed by atoms with Crippen molar-refractivity contribution < 1.29 is 9.37 Å². The number of methoxy groups -OCH3 is 1. The van der Waals surface area contributed by atoms with Crippen LogP contribution < -0.4 is 5.32 Å². The van der Waals surface area contributed by atoms with E-state index in [2.05, 4.69) is 30.6 Å². The second-order valence-corrected chi connectivity index (χ2v) is 3.87. The van der Waals surface area contributed by atoms with Gasteiger partial charge >= 0.3 is 0 Å². The van der Waals surface area contributed by atoms with Crippen molar-refractivity contribution in [1.82, 2.24) is 30.6 Å². The molecular formula is C10H16N6O2. The summed E-state index contributed by atoms with van der Waals surface area (Å²) in [6.45, 7) is 4.49. The van der Waals surface area contributed by atoms with E-state index in [0.717, 1.165) is 23.6 Å². The molecule has 2 heterocycles. The lowest BCUT2D eigenvalue weighted by atomic mass is 10.3. The third-order valence-corrected chi connectivity index (χ3v) is 2.43. The molecule has 0 aliphatic heterocycles. The van der Waals surface area contributed by atoms with E-state index >= 15 is 0 Å². The van der Waals surface area contributed by atoms with Crippen LogP contribution in [0.1, 0.15) is 17.1 Å². The Balaban J connectivity index is 1.84. The van der Waals surface area contributed by atoms with Crippen molar-refractivity contribution in [1.29, 1.82) is 0 Å². The molecule has 0 unspecified atom stereocenters. The van der Waals surface area contributed by atoms with Gasteiger partial charge in [-0.25, -0.2) is 9.31 Å². The summed E-state index contributed by atoms with van der Waals surface area (Å²) in [7, 11) is 1.67. The number of aryl methyl sites for hydroxylation is 1. The van der Waals surface area contributed by atoms with Gasteiger partial charge in [-0.2, -0.15) is 0 Å². The first-order valence-electron chi connectivity index (χ1n) is 5.66. The molecule has 0 atom stereocenters. The Bertz CT molecular complexity index is 480. The minimum absolute atomic E-state index is 0.514. The van der Waals surface area contributed by atoms with Gasteiger partial charge in [-0.15, -0.1) is 5.10 Å². The molecule has 0 radical (unpaired) electrons. The number of nitrogens with zero attached hydrogens (tertiary/aromatic N) is 5. The number of hydrogen-bond acceptors (Lipinski definition) is 7. The highest BCUT2D eigenvalue weighted by molar-refractivity contribution is 5.05. The van der Waals surface area contributed by atoms with Crippen molar-refractivity contribution in [2.75, 3.05) is 20.3 Å². The van der Waals surface area contributed by atoms with Gasteiger partial charge in [0.25, 0.3) is 0 Å². The molecule has 0 aliphatic carbocycles. The predicted octanol–water partition coefficient (Wildman–Crippen LogP) is -0.246. The average molecular weight is 252 g/mol. The maximum atomic E-state index is 4.94. The summed E-state index contributed by atoms with van der Waals surface area (Å²) in [5.74, 6) is 0. The van der Waals surface area contributed by atoms with E-state index in [0.29, 0.717) is 19.7 Å².